The molecule has 0 N–H and O–H groups in total. The van der Waals surface area contributed by atoms with Gasteiger partial charge in [0, 0.05) is 38.7 Å². The lowest BCUT2D eigenvalue weighted by Gasteiger charge is -2.34. The maximum Gasteiger partial charge on any atom is 0.222 e. The third-order valence-electron chi connectivity index (χ3n) is 5.71. The molecule has 150 valence electrons. The van der Waals surface area contributed by atoms with Gasteiger partial charge in [-0.25, -0.2) is 8.78 Å². The molecule has 2 fully saturated rings. The second-order valence-electron chi connectivity index (χ2n) is 7.62. The van der Waals surface area contributed by atoms with E-state index in [4.69, 9.17) is 0 Å². The summed E-state index contributed by atoms with van der Waals surface area (Å²) in [5, 5.41) is 11.6. The zero-order valence-corrected chi connectivity index (χ0v) is 15.7. The van der Waals surface area contributed by atoms with Crippen molar-refractivity contribution in [2.24, 2.45) is 5.92 Å². The van der Waals surface area contributed by atoms with E-state index in [2.05, 4.69) is 20.4 Å². The molecule has 2 aliphatic rings. The van der Waals surface area contributed by atoms with Crippen molar-refractivity contribution in [2.75, 3.05) is 26.2 Å². The van der Waals surface area contributed by atoms with Gasteiger partial charge < -0.3 is 4.90 Å². The first-order valence-electron chi connectivity index (χ1n) is 9.83. The van der Waals surface area contributed by atoms with E-state index in [-0.39, 0.29) is 5.91 Å². The third-order valence-corrected chi connectivity index (χ3v) is 5.71. The fraction of sp³-hybridized carbons (Fsp3) is 0.579. The van der Waals surface area contributed by atoms with Crippen LogP contribution in [0.2, 0.25) is 0 Å². The molecule has 1 aromatic heterocycles. The van der Waals surface area contributed by atoms with Gasteiger partial charge in [0.05, 0.1) is 12.2 Å². The highest BCUT2D eigenvalue weighted by Gasteiger charge is 2.26. The molecule has 0 radical (unpaired) electrons. The quantitative estimate of drug-likeness (QED) is 0.783. The van der Waals surface area contributed by atoms with Gasteiger partial charge in [0.2, 0.25) is 5.91 Å². The molecule has 1 aromatic carbocycles. The lowest BCUT2D eigenvalue weighted by atomic mass is 10.0. The summed E-state index contributed by atoms with van der Waals surface area (Å²) in [6, 6.07) is 3.58. The predicted molar refractivity (Wildman–Crippen MR) is 97.5 cm³/mol. The summed E-state index contributed by atoms with van der Waals surface area (Å²) in [7, 11) is 0. The van der Waals surface area contributed by atoms with Crippen LogP contribution in [0.1, 0.15) is 37.9 Å². The maximum atomic E-state index is 13.5. The Kier molecular flexibility index (Phi) is 5.61. The normalized spacial score (nSPS) is 18.7. The van der Waals surface area contributed by atoms with E-state index < -0.39 is 11.6 Å². The van der Waals surface area contributed by atoms with Crippen molar-refractivity contribution in [2.45, 2.75) is 38.6 Å². The summed E-state index contributed by atoms with van der Waals surface area (Å²) in [5.41, 5.74) is 0.379. The number of benzene rings is 1. The number of nitrogens with zero attached hydrogens (tertiary/aromatic N) is 6. The molecule has 1 amide bonds. The Labute approximate surface area is 162 Å². The minimum absolute atomic E-state index is 0.262. The van der Waals surface area contributed by atoms with Crippen molar-refractivity contribution in [1.82, 2.24) is 30.0 Å². The van der Waals surface area contributed by atoms with Crippen LogP contribution in [0, 0.1) is 17.6 Å². The number of halogens is 2. The third kappa shape index (κ3) is 4.19. The van der Waals surface area contributed by atoms with Gasteiger partial charge in [0.1, 0.15) is 0 Å². The number of hydrogen-bond acceptors (Lipinski definition) is 5. The smallest absolute Gasteiger partial charge is 0.222 e. The van der Waals surface area contributed by atoms with Gasteiger partial charge in [-0.2, -0.15) is 4.68 Å². The summed E-state index contributed by atoms with van der Waals surface area (Å²) in [4.78, 5) is 16.6. The molecule has 0 unspecified atom stereocenters. The average Bonchev–Trinajstić information content (AvgIpc) is 3.37. The summed E-state index contributed by atoms with van der Waals surface area (Å²) < 4.78 is 28.1. The number of piperazine rings is 1. The molecule has 2 heterocycles. The Morgan fingerprint density at radius 1 is 1.07 bits per heavy atom. The minimum Gasteiger partial charge on any atom is -0.340 e. The van der Waals surface area contributed by atoms with E-state index in [0.717, 1.165) is 25.2 Å². The molecule has 1 aliphatic heterocycles. The van der Waals surface area contributed by atoms with Gasteiger partial charge in [-0.05, 0) is 41.3 Å². The number of carbonyl (C=O) groups excluding carboxylic acids is 1. The lowest BCUT2D eigenvalue weighted by Crippen LogP contribution is -2.48. The number of aromatic nitrogens is 4. The van der Waals surface area contributed by atoms with E-state index in [1.54, 1.807) is 0 Å². The number of hydrogen-bond donors (Lipinski definition) is 0. The fourth-order valence-corrected chi connectivity index (χ4v) is 4.07. The molecule has 1 aliphatic carbocycles. The number of rotatable bonds is 5. The molecule has 9 heteroatoms. The minimum atomic E-state index is -0.937. The van der Waals surface area contributed by atoms with Crippen LogP contribution in [-0.4, -0.2) is 62.1 Å². The van der Waals surface area contributed by atoms with Crippen molar-refractivity contribution in [3.8, 4) is 5.69 Å². The Bertz CT molecular complexity index is 828. The molecular formula is C19H24F2N6O. The molecule has 1 saturated heterocycles. The van der Waals surface area contributed by atoms with Gasteiger partial charge in [0.15, 0.2) is 17.5 Å². The van der Waals surface area contributed by atoms with Crippen molar-refractivity contribution in [3.63, 3.8) is 0 Å². The molecule has 1 saturated carbocycles. The maximum absolute atomic E-state index is 13.5. The molecule has 0 spiro atoms. The molecule has 7 nitrogen and oxygen atoms in total. The predicted octanol–water partition coefficient (Wildman–Crippen LogP) is 2.17. The SMILES string of the molecule is O=C(CC1CCCC1)N1CCN(Cc2nnnn2-c2ccc(F)c(F)c2)CC1. The highest BCUT2D eigenvalue weighted by atomic mass is 19.2. The zero-order chi connectivity index (χ0) is 19.5. The molecule has 0 atom stereocenters. The summed E-state index contributed by atoms with van der Waals surface area (Å²) >= 11 is 0. The second kappa shape index (κ2) is 8.30. The Morgan fingerprint density at radius 2 is 1.82 bits per heavy atom. The van der Waals surface area contributed by atoms with E-state index in [0.29, 0.717) is 43.5 Å². The van der Waals surface area contributed by atoms with Crippen molar-refractivity contribution >= 4 is 5.91 Å². The van der Waals surface area contributed by atoms with Crippen molar-refractivity contribution in [1.29, 1.82) is 0 Å². The number of carbonyl (C=O) groups is 1. The molecule has 2 aromatic rings. The van der Waals surface area contributed by atoms with Crippen LogP contribution in [0.3, 0.4) is 0 Å². The molecular weight excluding hydrogens is 366 g/mol. The van der Waals surface area contributed by atoms with Crippen LogP contribution in [0.25, 0.3) is 5.69 Å². The Hall–Kier alpha value is -2.42. The van der Waals surface area contributed by atoms with Crippen LogP contribution in [-0.2, 0) is 11.3 Å². The van der Waals surface area contributed by atoms with E-state index >= 15 is 0 Å². The molecule has 4 rings (SSSR count). The summed E-state index contributed by atoms with van der Waals surface area (Å²) in [6.45, 7) is 3.34. The van der Waals surface area contributed by atoms with Gasteiger partial charge in [-0.3, -0.25) is 9.69 Å². The molecule has 28 heavy (non-hydrogen) atoms. The lowest BCUT2D eigenvalue weighted by molar-refractivity contribution is -0.134. The zero-order valence-electron chi connectivity index (χ0n) is 15.7. The summed E-state index contributed by atoms with van der Waals surface area (Å²) in [6.07, 6.45) is 5.53. The number of tetrazole rings is 1. The topological polar surface area (TPSA) is 67.2 Å². The highest BCUT2D eigenvalue weighted by molar-refractivity contribution is 5.76. The summed E-state index contributed by atoms with van der Waals surface area (Å²) in [5.74, 6) is -0.466. The largest absolute Gasteiger partial charge is 0.340 e. The van der Waals surface area contributed by atoms with Gasteiger partial charge in [0.25, 0.3) is 0 Å². The van der Waals surface area contributed by atoms with Gasteiger partial charge in [-0.1, -0.05) is 12.8 Å². The van der Waals surface area contributed by atoms with Crippen molar-refractivity contribution < 1.29 is 13.6 Å². The van der Waals surface area contributed by atoms with Crippen LogP contribution in [0.4, 0.5) is 8.78 Å². The Morgan fingerprint density at radius 3 is 2.54 bits per heavy atom. The van der Waals surface area contributed by atoms with Gasteiger partial charge in [-0.15, -0.1) is 5.10 Å². The van der Waals surface area contributed by atoms with Crippen LogP contribution in [0.5, 0.6) is 0 Å². The number of amides is 1. The Balaban J connectivity index is 1.33. The van der Waals surface area contributed by atoms with Crippen molar-refractivity contribution in [3.05, 3.63) is 35.7 Å². The van der Waals surface area contributed by atoms with Crippen LogP contribution in [0.15, 0.2) is 18.2 Å². The second-order valence-corrected chi connectivity index (χ2v) is 7.62. The first-order chi connectivity index (χ1) is 13.6. The fourth-order valence-electron chi connectivity index (χ4n) is 4.07. The first-order valence-corrected chi connectivity index (χ1v) is 9.83. The van der Waals surface area contributed by atoms with E-state index in [1.807, 2.05) is 4.90 Å². The van der Waals surface area contributed by atoms with E-state index in [1.165, 1.54) is 36.4 Å². The average molecular weight is 390 g/mol. The van der Waals surface area contributed by atoms with E-state index in [9.17, 15) is 13.6 Å². The first kappa shape index (κ1) is 18.9. The van der Waals surface area contributed by atoms with Gasteiger partial charge >= 0.3 is 0 Å². The molecule has 0 bridgehead atoms. The highest BCUT2D eigenvalue weighted by Crippen LogP contribution is 2.28. The van der Waals surface area contributed by atoms with Crippen LogP contribution >= 0.6 is 0 Å². The van der Waals surface area contributed by atoms with Crippen LogP contribution < -0.4 is 0 Å². The monoisotopic (exact) mass is 390 g/mol. The standard InChI is InChI=1S/C19H24F2N6O/c20-16-6-5-15(12-17(16)21)27-18(22-23-24-27)13-25-7-9-26(10-8-25)19(28)11-14-3-1-2-4-14/h5-6,12,14H,1-4,7-11,13H2.